The Bertz CT molecular complexity index is 2640. The largest absolute Gasteiger partial charge is 0.483 e. The number of hydrogen-bond donors (Lipinski definition) is 0. The maximum absolute atomic E-state index is 14.1. The van der Waals surface area contributed by atoms with Crippen LogP contribution in [0.4, 0.5) is 10.3 Å². The molecule has 3 aromatic carbocycles. The van der Waals surface area contributed by atoms with E-state index in [1.54, 1.807) is 38.7 Å². The summed E-state index contributed by atoms with van der Waals surface area (Å²) in [6.45, 7) is 6.74. The van der Waals surface area contributed by atoms with Gasteiger partial charge >= 0.3 is 0 Å². The van der Waals surface area contributed by atoms with Gasteiger partial charge < -0.3 is 18.9 Å². The zero-order valence-corrected chi connectivity index (χ0v) is 38.3. The molecule has 4 aliphatic rings. The number of benzene rings is 3. The molecular weight excluding hydrogens is 843 g/mol. The number of aryl methyl sites for hydroxylation is 3. The van der Waals surface area contributed by atoms with Gasteiger partial charge in [0.2, 0.25) is 0 Å². The molecule has 0 radical (unpaired) electrons. The van der Waals surface area contributed by atoms with E-state index in [-0.39, 0.29) is 30.6 Å². The van der Waals surface area contributed by atoms with Gasteiger partial charge in [0, 0.05) is 39.9 Å². The van der Waals surface area contributed by atoms with E-state index in [0.717, 1.165) is 104 Å². The lowest BCUT2D eigenvalue weighted by molar-refractivity contribution is -0.121. The number of para-hydroxylation sites is 2. The van der Waals surface area contributed by atoms with Crippen molar-refractivity contribution in [3.8, 4) is 23.0 Å². The van der Waals surface area contributed by atoms with E-state index in [4.69, 9.17) is 28.9 Å². The summed E-state index contributed by atoms with van der Waals surface area (Å²) in [6.07, 6.45) is 11.0. The fourth-order valence-electron chi connectivity index (χ4n) is 9.59. The molecule has 2 aliphatic carbocycles. The van der Waals surface area contributed by atoms with Crippen LogP contribution in [-0.4, -0.2) is 51.2 Å². The summed E-state index contributed by atoms with van der Waals surface area (Å²) < 4.78 is 25.6. The van der Waals surface area contributed by atoms with Crippen LogP contribution in [0.25, 0.3) is 0 Å². The van der Waals surface area contributed by atoms with Crippen LogP contribution in [0.1, 0.15) is 90.0 Å². The Balaban J connectivity index is 0.803. The Morgan fingerprint density at radius 3 is 2.05 bits per heavy atom. The molecule has 13 heteroatoms. The third-order valence-electron chi connectivity index (χ3n) is 12.6. The maximum Gasteiger partial charge on any atom is 0.267 e. The first-order chi connectivity index (χ1) is 31.0. The zero-order chi connectivity index (χ0) is 43.8. The molecule has 0 fully saturated rings. The number of hydrogen-bond acceptors (Lipinski definition) is 11. The summed E-state index contributed by atoms with van der Waals surface area (Å²) >= 11 is 3.22. The minimum atomic E-state index is -0.449. The van der Waals surface area contributed by atoms with Gasteiger partial charge in [-0.25, -0.2) is 9.97 Å². The van der Waals surface area contributed by atoms with Crippen LogP contribution >= 0.6 is 22.7 Å². The summed E-state index contributed by atoms with van der Waals surface area (Å²) in [5, 5.41) is 1.39. The fourth-order valence-corrected chi connectivity index (χ4v) is 12.0. The van der Waals surface area contributed by atoms with Gasteiger partial charge in [-0.05, 0) is 108 Å². The van der Waals surface area contributed by atoms with Crippen molar-refractivity contribution in [3.63, 3.8) is 0 Å². The molecule has 2 amide bonds. The predicted molar refractivity (Wildman–Crippen MR) is 249 cm³/mol. The van der Waals surface area contributed by atoms with Crippen molar-refractivity contribution in [2.45, 2.75) is 109 Å². The van der Waals surface area contributed by atoms with Crippen LogP contribution in [0.15, 0.2) is 91.1 Å². The average molecular weight is 896 g/mol. The number of nitrogens with zero attached hydrogens (tertiary/aromatic N) is 5. The number of ether oxygens (including phenoxy) is 4. The molecular formula is C51H53N5O6S2. The van der Waals surface area contributed by atoms with Gasteiger partial charge in [-0.15, -0.1) is 22.7 Å². The molecule has 11 nitrogen and oxygen atoms in total. The molecule has 3 aromatic heterocycles. The molecule has 2 aliphatic heterocycles. The molecule has 2 atom stereocenters. The molecule has 6 aromatic rings. The molecule has 64 heavy (non-hydrogen) atoms. The lowest BCUT2D eigenvalue weighted by Crippen LogP contribution is -2.35. The van der Waals surface area contributed by atoms with Gasteiger partial charge in [0.05, 0.1) is 30.2 Å². The first-order valence-corrected chi connectivity index (χ1v) is 24.1. The Kier molecular flexibility index (Phi) is 11.6. The SMILES string of the molecule is CC1(C)Cc2cccc(OCC(=O)N(Cc3ccccc3)c3nc4c(s3)CC(CC3(C)Cc5cccc(OCC(=O)N(Cc6ccccn6)c6nc7c(s6)CCCC7)c5O3)CC4)c2O1. The van der Waals surface area contributed by atoms with Crippen molar-refractivity contribution in [3.05, 3.63) is 135 Å². The summed E-state index contributed by atoms with van der Waals surface area (Å²) in [4.78, 5) is 48.6. The first kappa shape index (κ1) is 42.2. The molecule has 2 unspecified atom stereocenters. The van der Waals surface area contributed by atoms with Crippen molar-refractivity contribution in [1.82, 2.24) is 15.0 Å². The normalized spacial score (nSPS) is 19.0. The van der Waals surface area contributed by atoms with E-state index >= 15 is 0 Å². The number of rotatable bonds is 14. The number of thiazole rings is 2. The molecule has 0 spiro atoms. The molecule has 0 saturated carbocycles. The van der Waals surface area contributed by atoms with Gasteiger partial charge in [-0.3, -0.25) is 24.4 Å². The van der Waals surface area contributed by atoms with Gasteiger partial charge in [-0.1, -0.05) is 60.7 Å². The van der Waals surface area contributed by atoms with Crippen LogP contribution in [0, 0.1) is 5.92 Å². The highest BCUT2D eigenvalue weighted by molar-refractivity contribution is 7.16. The van der Waals surface area contributed by atoms with Gasteiger partial charge in [-0.2, -0.15) is 0 Å². The second-order valence-corrected chi connectivity index (χ2v) is 20.5. The number of fused-ring (bicyclic) bond motifs is 4. The topological polar surface area (TPSA) is 116 Å². The van der Waals surface area contributed by atoms with Crippen LogP contribution in [0.3, 0.4) is 0 Å². The molecule has 5 heterocycles. The van der Waals surface area contributed by atoms with Crippen molar-refractivity contribution in [2.24, 2.45) is 5.92 Å². The van der Waals surface area contributed by atoms with Crippen LogP contribution in [0.2, 0.25) is 0 Å². The van der Waals surface area contributed by atoms with E-state index in [1.165, 1.54) is 9.75 Å². The molecule has 330 valence electrons. The highest BCUT2D eigenvalue weighted by Crippen LogP contribution is 2.47. The van der Waals surface area contributed by atoms with Gasteiger partial charge in [0.25, 0.3) is 11.8 Å². The van der Waals surface area contributed by atoms with E-state index in [0.29, 0.717) is 46.5 Å². The molecule has 0 N–H and O–H groups in total. The molecule has 10 rings (SSSR count). The summed E-state index contributed by atoms with van der Waals surface area (Å²) in [7, 11) is 0. The Morgan fingerprint density at radius 2 is 1.34 bits per heavy atom. The highest BCUT2D eigenvalue weighted by atomic mass is 32.1. The van der Waals surface area contributed by atoms with Crippen molar-refractivity contribution < 1.29 is 28.5 Å². The second kappa shape index (κ2) is 17.6. The van der Waals surface area contributed by atoms with E-state index in [1.807, 2.05) is 72.8 Å². The molecule has 0 saturated heterocycles. The summed E-state index contributed by atoms with van der Waals surface area (Å²) in [5.74, 6) is 2.62. The Labute approximate surface area is 382 Å². The third kappa shape index (κ3) is 9.10. The second-order valence-electron chi connectivity index (χ2n) is 18.4. The first-order valence-electron chi connectivity index (χ1n) is 22.4. The number of pyridine rings is 1. The average Bonchev–Trinajstić information content (AvgIpc) is 4.08. The fraction of sp³-hybridized carbons (Fsp3) is 0.392. The predicted octanol–water partition coefficient (Wildman–Crippen LogP) is 9.70. The smallest absolute Gasteiger partial charge is 0.267 e. The summed E-state index contributed by atoms with van der Waals surface area (Å²) in [5.41, 5.74) is 5.38. The quantitative estimate of drug-likeness (QED) is 0.105. The molecule has 0 bridgehead atoms. The van der Waals surface area contributed by atoms with Crippen molar-refractivity contribution >= 4 is 44.8 Å². The summed E-state index contributed by atoms with van der Waals surface area (Å²) in [6, 6.07) is 27.6. The number of aromatic nitrogens is 3. The monoisotopic (exact) mass is 895 g/mol. The number of amides is 2. The number of carbonyl (C=O) groups excluding carboxylic acids is 2. The van der Waals surface area contributed by atoms with Crippen LogP contribution in [0.5, 0.6) is 23.0 Å². The van der Waals surface area contributed by atoms with E-state index in [2.05, 4.69) is 37.9 Å². The Morgan fingerprint density at radius 1 is 0.703 bits per heavy atom. The van der Waals surface area contributed by atoms with Crippen molar-refractivity contribution in [2.75, 3.05) is 23.0 Å². The van der Waals surface area contributed by atoms with Crippen LogP contribution in [-0.2, 0) is 61.2 Å². The van der Waals surface area contributed by atoms with Gasteiger partial charge in [0.15, 0.2) is 46.5 Å². The maximum atomic E-state index is 14.1. The third-order valence-corrected chi connectivity index (χ3v) is 14.9. The van der Waals surface area contributed by atoms with E-state index < -0.39 is 5.60 Å². The lowest BCUT2D eigenvalue weighted by atomic mass is 9.81. The number of carbonyl (C=O) groups is 2. The van der Waals surface area contributed by atoms with Crippen molar-refractivity contribution in [1.29, 1.82) is 0 Å². The Hall–Kier alpha value is -5.79. The van der Waals surface area contributed by atoms with Gasteiger partial charge in [0.1, 0.15) is 11.2 Å². The minimum absolute atomic E-state index is 0.132. The zero-order valence-electron chi connectivity index (χ0n) is 36.6. The standard InChI is InChI=1S/C51H53N5O6S2/c1-50(2)27-35-15-11-19-40(46(35)61-50)59-31-44(57)55(29-33-13-5-4-6-14-33)48-54-39-23-22-34(25-43(39)64-48)26-51(3)28-36-16-12-20-41(47(36)62-51)60-32-45(58)56(30-37-17-9-10-24-52-37)49-53-38-18-7-8-21-42(38)63-49/h4-6,9-17,19-20,24,34H,7-8,18,21-23,25-32H2,1-3H3. The minimum Gasteiger partial charge on any atom is -0.483 e. The lowest BCUT2D eigenvalue weighted by Gasteiger charge is -2.31. The van der Waals surface area contributed by atoms with Crippen LogP contribution < -0.4 is 28.7 Å². The van der Waals surface area contributed by atoms with E-state index in [9.17, 15) is 9.59 Å². The highest BCUT2D eigenvalue weighted by Gasteiger charge is 2.40. The number of anilines is 2.